The molecule has 17 heteroatoms. The molecule has 10 atom stereocenters. The van der Waals surface area contributed by atoms with Crippen LogP contribution in [0.25, 0.3) is 0 Å². The molecular formula is C16H30N2O14S. The molecule has 0 saturated carbocycles. The summed E-state index contributed by atoms with van der Waals surface area (Å²) >= 11 is 0. The third-order valence-electron chi connectivity index (χ3n) is 5.12. The van der Waals surface area contributed by atoms with Gasteiger partial charge in [0.05, 0.1) is 12.7 Å². The number of aliphatic hydroxyl groups excluding tert-OH is 3. The number of amides is 1. The maximum atomic E-state index is 11.7. The highest BCUT2D eigenvalue weighted by Crippen LogP contribution is 2.31. The standard InChI is InChI=1S/C16H27NO14S.H3N/c1-5-9(19)11(21)16(30-12(5)14(22)23)31-13-8(17-6(2)18)15(27-3)29-7(10(13)20)4-28-32(24,25)26;/h5,7-13,15-16,19-21H,4H2,1-3H3,(H,17,18)(H,22,23)(H,24,25,26);1H3/t5?,7-,8-,9+,10+,11-,12+,13-,15-,16+;/m1./s1. The minimum absolute atomic E-state index is 0. The highest BCUT2D eigenvalue weighted by molar-refractivity contribution is 7.80. The Bertz CT molecular complexity index is 781. The van der Waals surface area contributed by atoms with Crippen molar-refractivity contribution < 1.29 is 66.1 Å². The zero-order valence-corrected chi connectivity index (χ0v) is 18.8. The van der Waals surface area contributed by atoms with E-state index in [0.717, 1.165) is 6.92 Å². The van der Waals surface area contributed by atoms with Crippen LogP contribution >= 0.6 is 0 Å². The second-order valence-electron chi connectivity index (χ2n) is 7.41. The van der Waals surface area contributed by atoms with Crippen LogP contribution in [-0.2, 0) is 43.1 Å². The van der Waals surface area contributed by atoms with Crippen LogP contribution in [0.15, 0.2) is 0 Å². The van der Waals surface area contributed by atoms with Gasteiger partial charge in [-0.15, -0.1) is 0 Å². The van der Waals surface area contributed by atoms with Crippen molar-refractivity contribution in [3.05, 3.63) is 0 Å². The molecule has 2 saturated heterocycles. The Kier molecular flexibility index (Phi) is 10.5. The van der Waals surface area contributed by atoms with Gasteiger partial charge in [0, 0.05) is 20.0 Å². The van der Waals surface area contributed by atoms with Crippen molar-refractivity contribution in [1.29, 1.82) is 0 Å². The summed E-state index contributed by atoms with van der Waals surface area (Å²) in [4.78, 5) is 23.1. The summed E-state index contributed by atoms with van der Waals surface area (Å²) in [6.07, 6.45) is -12.7. The first kappa shape index (κ1) is 29.5. The zero-order chi connectivity index (χ0) is 24.4. The van der Waals surface area contributed by atoms with E-state index in [2.05, 4.69) is 9.50 Å². The first-order valence-corrected chi connectivity index (χ1v) is 10.8. The number of rotatable bonds is 8. The van der Waals surface area contributed by atoms with Crippen LogP contribution in [0.4, 0.5) is 0 Å². The average Bonchev–Trinajstić information content (AvgIpc) is 2.68. The third kappa shape index (κ3) is 7.23. The van der Waals surface area contributed by atoms with Crippen molar-refractivity contribution in [2.45, 2.75) is 69.1 Å². The molecule has 2 aliphatic rings. The molecule has 2 aliphatic heterocycles. The van der Waals surface area contributed by atoms with Crippen molar-refractivity contribution in [1.82, 2.24) is 11.5 Å². The second-order valence-corrected chi connectivity index (χ2v) is 8.50. The van der Waals surface area contributed by atoms with Gasteiger partial charge >= 0.3 is 16.4 Å². The zero-order valence-electron chi connectivity index (χ0n) is 18.0. The van der Waals surface area contributed by atoms with Gasteiger partial charge in [-0.05, 0) is 0 Å². The fourth-order valence-electron chi connectivity index (χ4n) is 3.51. The van der Waals surface area contributed by atoms with E-state index >= 15 is 0 Å². The highest BCUT2D eigenvalue weighted by Gasteiger charge is 2.52. The Balaban J connectivity index is 0.00000544. The highest BCUT2D eigenvalue weighted by atomic mass is 32.3. The molecule has 1 amide bonds. The molecule has 0 bridgehead atoms. The molecule has 9 N–H and O–H groups in total. The van der Waals surface area contributed by atoms with Crippen LogP contribution in [-0.4, -0.2) is 114 Å². The van der Waals surface area contributed by atoms with Gasteiger partial charge in [-0.1, -0.05) is 6.92 Å². The minimum Gasteiger partial charge on any atom is -0.479 e. The predicted octanol–water partition coefficient (Wildman–Crippen LogP) is -3.24. The van der Waals surface area contributed by atoms with Crippen LogP contribution < -0.4 is 11.5 Å². The van der Waals surface area contributed by atoms with Gasteiger partial charge in [0.1, 0.15) is 30.5 Å². The number of methoxy groups -OCH3 is 1. The van der Waals surface area contributed by atoms with E-state index in [0.29, 0.717) is 0 Å². The minimum atomic E-state index is -4.89. The molecule has 33 heavy (non-hydrogen) atoms. The van der Waals surface area contributed by atoms with Crippen LogP contribution in [0.3, 0.4) is 0 Å². The SMILES string of the molecule is CO[C@@H]1O[C@H](COS(=O)(=O)O)[C@H](O)[C@H](O[C@@H]2O[C@H](C(=O)O)C(C)[C@H](O)[C@H]2O)[C@H]1NC(C)=O.N. The normalized spacial score (nSPS) is 39.4. The quantitative estimate of drug-likeness (QED) is 0.159. The lowest BCUT2D eigenvalue weighted by atomic mass is 9.90. The molecule has 0 aliphatic carbocycles. The number of aliphatic hydroxyl groups is 3. The van der Waals surface area contributed by atoms with E-state index in [-0.39, 0.29) is 6.15 Å². The third-order valence-corrected chi connectivity index (χ3v) is 5.55. The fourth-order valence-corrected chi connectivity index (χ4v) is 3.82. The molecular weight excluding hydrogens is 476 g/mol. The van der Waals surface area contributed by atoms with E-state index in [1.165, 1.54) is 14.0 Å². The van der Waals surface area contributed by atoms with Crippen molar-refractivity contribution >= 4 is 22.3 Å². The van der Waals surface area contributed by atoms with Gasteiger partial charge in [0.15, 0.2) is 18.7 Å². The predicted molar refractivity (Wildman–Crippen MR) is 104 cm³/mol. The smallest absolute Gasteiger partial charge is 0.397 e. The molecule has 2 rings (SSSR count). The monoisotopic (exact) mass is 506 g/mol. The second kappa shape index (κ2) is 11.8. The van der Waals surface area contributed by atoms with Crippen LogP contribution in [0, 0.1) is 5.92 Å². The molecule has 0 aromatic rings. The number of carbonyl (C=O) groups excluding carboxylic acids is 1. The molecule has 0 aromatic heterocycles. The van der Waals surface area contributed by atoms with Gasteiger partial charge in [-0.25, -0.2) is 8.98 Å². The summed E-state index contributed by atoms with van der Waals surface area (Å²) in [5.41, 5.74) is 0. The van der Waals surface area contributed by atoms with Crippen molar-refractivity contribution in [2.75, 3.05) is 13.7 Å². The summed E-state index contributed by atoms with van der Waals surface area (Å²) in [5, 5.41) is 43.0. The molecule has 2 heterocycles. The van der Waals surface area contributed by atoms with Crippen LogP contribution in [0.1, 0.15) is 13.8 Å². The lowest BCUT2D eigenvalue weighted by Crippen LogP contribution is -2.67. The average molecular weight is 506 g/mol. The van der Waals surface area contributed by atoms with Crippen molar-refractivity contribution in [2.24, 2.45) is 5.92 Å². The van der Waals surface area contributed by atoms with Gasteiger partial charge in [0.25, 0.3) is 0 Å². The lowest BCUT2D eigenvalue weighted by Gasteiger charge is -2.47. The Hall–Kier alpha value is -1.51. The molecule has 0 radical (unpaired) electrons. The van der Waals surface area contributed by atoms with E-state index < -0.39 is 90.0 Å². The number of hydrogen-bond acceptors (Lipinski definition) is 13. The molecule has 1 unspecified atom stereocenters. The Morgan fingerprint density at radius 1 is 1.06 bits per heavy atom. The van der Waals surface area contributed by atoms with E-state index in [4.69, 9.17) is 23.5 Å². The molecule has 194 valence electrons. The number of aliphatic carboxylic acids is 1. The number of ether oxygens (including phenoxy) is 4. The van der Waals surface area contributed by atoms with Crippen molar-refractivity contribution in [3.8, 4) is 0 Å². The Morgan fingerprint density at radius 2 is 1.67 bits per heavy atom. The number of hydrogen-bond donors (Lipinski definition) is 7. The summed E-state index contributed by atoms with van der Waals surface area (Å²) in [6, 6.07) is -1.25. The number of nitrogens with one attached hydrogen (secondary N) is 1. The largest absolute Gasteiger partial charge is 0.479 e. The molecule has 16 nitrogen and oxygen atoms in total. The number of carboxylic acids is 1. The first-order valence-electron chi connectivity index (χ1n) is 9.42. The van der Waals surface area contributed by atoms with Crippen molar-refractivity contribution in [3.63, 3.8) is 0 Å². The first-order chi connectivity index (χ1) is 14.8. The van der Waals surface area contributed by atoms with E-state index in [1.54, 1.807) is 0 Å². The van der Waals surface area contributed by atoms with Gasteiger partial charge in [0.2, 0.25) is 5.91 Å². The van der Waals surface area contributed by atoms with Crippen LogP contribution in [0.2, 0.25) is 0 Å². The van der Waals surface area contributed by atoms with Gasteiger partial charge in [-0.3, -0.25) is 9.35 Å². The maximum absolute atomic E-state index is 11.7. The fraction of sp³-hybridized carbons (Fsp3) is 0.875. The van der Waals surface area contributed by atoms with E-state index in [9.17, 15) is 38.4 Å². The lowest BCUT2D eigenvalue weighted by molar-refractivity contribution is -0.332. The van der Waals surface area contributed by atoms with Gasteiger partial charge in [-0.2, -0.15) is 8.42 Å². The maximum Gasteiger partial charge on any atom is 0.397 e. The number of carbonyl (C=O) groups is 2. The number of carboxylic acid groups (broad SMARTS) is 1. The topological polar surface area (TPSA) is 263 Å². The molecule has 0 spiro atoms. The summed E-state index contributed by atoms with van der Waals surface area (Å²) in [7, 11) is -3.72. The summed E-state index contributed by atoms with van der Waals surface area (Å²) in [6.45, 7) is 1.61. The molecule has 2 fully saturated rings. The van der Waals surface area contributed by atoms with Gasteiger partial charge < -0.3 is 50.8 Å². The van der Waals surface area contributed by atoms with E-state index in [1.807, 2.05) is 0 Å². The molecule has 0 aromatic carbocycles. The Labute approximate surface area is 189 Å². The summed E-state index contributed by atoms with van der Waals surface area (Å²) in [5.74, 6) is -3.04. The Morgan fingerprint density at radius 3 is 2.15 bits per heavy atom. The van der Waals surface area contributed by atoms with Crippen LogP contribution in [0.5, 0.6) is 0 Å². The summed E-state index contributed by atoms with van der Waals surface area (Å²) < 4.78 is 56.1.